The van der Waals surface area contributed by atoms with Crippen LogP contribution in [0.2, 0.25) is 0 Å². The minimum absolute atomic E-state index is 0.0690. The molecule has 5 nitrogen and oxygen atoms in total. The average Bonchev–Trinajstić information content (AvgIpc) is 2.80. The zero-order chi connectivity index (χ0) is 22.5. The molecule has 162 valence electrons. The first-order chi connectivity index (χ1) is 14.8. The van der Waals surface area contributed by atoms with E-state index >= 15 is 0 Å². The first-order valence-corrected chi connectivity index (χ1v) is 12.9. The molecule has 0 amide bonds. The molecule has 7 heteroatoms. The molecule has 0 fully saturated rings. The highest BCUT2D eigenvalue weighted by atomic mass is 32.3. The third-order valence-corrected chi connectivity index (χ3v) is 9.34. The Kier molecular flexibility index (Phi) is 6.97. The number of benzene rings is 3. The molecule has 0 saturated heterocycles. The van der Waals surface area contributed by atoms with E-state index in [-0.39, 0.29) is 9.79 Å². The van der Waals surface area contributed by atoms with Gasteiger partial charge in [0.25, 0.3) is 0 Å². The SMILES string of the molecule is CCN(CC)c1ccc(C=C(S(=O)(=O)c2ccccc2)S(=O)(=O)c2ccccc2)cc1. The van der Waals surface area contributed by atoms with Crippen LogP contribution in [0.15, 0.2) is 99.0 Å². The van der Waals surface area contributed by atoms with Crippen LogP contribution in [0.4, 0.5) is 5.69 Å². The van der Waals surface area contributed by atoms with Crippen molar-refractivity contribution in [2.75, 3.05) is 18.0 Å². The number of sulfone groups is 2. The van der Waals surface area contributed by atoms with E-state index in [0.29, 0.717) is 5.56 Å². The lowest BCUT2D eigenvalue weighted by Crippen LogP contribution is -2.21. The lowest BCUT2D eigenvalue weighted by molar-refractivity contribution is 0.595. The molecule has 0 saturated carbocycles. The van der Waals surface area contributed by atoms with Crippen LogP contribution in [0, 0.1) is 0 Å². The monoisotopic (exact) mass is 455 g/mol. The van der Waals surface area contributed by atoms with Gasteiger partial charge in [0, 0.05) is 18.8 Å². The van der Waals surface area contributed by atoms with Gasteiger partial charge >= 0.3 is 0 Å². The van der Waals surface area contributed by atoms with E-state index in [1.54, 1.807) is 48.5 Å². The minimum atomic E-state index is -4.28. The molecule has 0 radical (unpaired) electrons. The number of hydrogen-bond donors (Lipinski definition) is 0. The Morgan fingerprint density at radius 1 is 0.677 bits per heavy atom. The zero-order valence-electron chi connectivity index (χ0n) is 17.5. The second-order valence-electron chi connectivity index (χ2n) is 6.86. The first kappa shape index (κ1) is 22.8. The molecular formula is C24H25NO4S2. The quantitative estimate of drug-likeness (QED) is 0.489. The van der Waals surface area contributed by atoms with Gasteiger partial charge < -0.3 is 4.90 Å². The molecule has 3 rings (SSSR count). The van der Waals surface area contributed by atoms with Crippen molar-refractivity contribution in [3.63, 3.8) is 0 Å². The van der Waals surface area contributed by atoms with Gasteiger partial charge in [-0.25, -0.2) is 16.8 Å². The molecule has 0 bridgehead atoms. The summed E-state index contributed by atoms with van der Waals surface area (Å²) in [6.07, 6.45) is 1.23. The van der Waals surface area contributed by atoms with E-state index in [1.807, 2.05) is 26.0 Å². The smallest absolute Gasteiger partial charge is 0.217 e. The molecule has 0 N–H and O–H groups in total. The van der Waals surface area contributed by atoms with Gasteiger partial charge in [-0.05, 0) is 61.9 Å². The third-order valence-electron chi connectivity index (χ3n) is 4.94. The molecule has 3 aromatic rings. The fourth-order valence-corrected chi connectivity index (χ4v) is 7.05. The molecule has 31 heavy (non-hydrogen) atoms. The van der Waals surface area contributed by atoms with E-state index in [0.717, 1.165) is 18.8 Å². The fraction of sp³-hybridized carbons (Fsp3) is 0.167. The van der Waals surface area contributed by atoms with Crippen LogP contribution in [0.25, 0.3) is 6.08 Å². The van der Waals surface area contributed by atoms with E-state index < -0.39 is 23.9 Å². The van der Waals surface area contributed by atoms with Crippen molar-refractivity contribution in [1.29, 1.82) is 0 Å². The van der Waals surface area contributed by atoms with Crippen LogP contribution in [0.1, 0.15) is 19.4 Å². The fourth-order valence-electron chi connectivity index (χ4n) is 3.24. The van der Waals surface area contributed by atoms with Crippen LogP contribution in [0.5, 0.6) is 0 Å². The van der Waals surface area contributed by atoms with Gasteiger partial charge in [-0.2, -0.15) is 0 Å². The van der Waals surface area contributed by atoms with Crippen molar-refractivity contribution in [3.8, 4) is 0 Å². The van der Waals surface area contributed by atoms with E-state index in [1.165, 1.54) is 30.3 Å². The minimum Gasteiger partial charge on any atom is -0.372 e. The summed E-state index contributed by atoms with van der Waals surface area (Å²) >= 11 is 0. The van der Waals surface area contributed by atoms with Gasteiger partial charge in [0.1, 0.15) is 0 Å². The molecule has 0 aromatic heterocycles. The zero-order valence-corrected chi connectivity index (χ0v) is 19.1. The van der Waals surface area contributed by atoms with E-state index in [9.17, 15) is 16.8 Å². The normalized spacial score (nSPS) is 11.7. The van der Waals surface area contributed by atoms with Crippen LogP contribution in [0.3, 0.4) is 0 Å². The first-order valence-electron chi connectivity index (χ1n) is 9.97. The summed E-state index contributed by atoms with van der Waals surface area (Å²) in [6, 6.07) is 22.4. The molecule has 3 aromatic carbocycles. The third kappa shape index (κ3) is 4.89. The van der Waals surface area contributed by atoms with Gasteiger partial charge in [0.05, 0.1) is 9.79 Å². The number of anilines is 1. The summed E-state index contributed by atoms with van der Waals surface area (Å²) in [7, 11) is -8.56. The maximum Gasteiger partial charge on any atom is 0.217 e. The van der Waals surface area contributed by atoms with E-state index in [2.05, 4.69) is 4.90 Å². The molecule has 0 unspecified atom stereocenters. The highest BCUT2D eigenvalue weighted by Gasteiger charge is 2.33. The van der Waals surface area contributed by atoms with Crippen molar-refractivity contribution in [3.05, 3.63) is 94.7 Å². The molecule has 0 heterocycles. The Hall–Kier alpha value is -2.90. The van der Waals surface area contributed by atoms with Gasteiger partial charge in [-0.15, -0.1) is 0 Å². The standard InChI is InChI=1S/C24H25NO4S2/c1-3-25(4-2)21-17-15-20(16-18-21)19-24(30(26,27)22-11-7-5-8-12-22)31(28,29)23-13-9-6-10-14-23/h5-19H,3-4H2,1-2H3. The Bertz CT molecular complexity index is 1170. The Morgan fingerprint density at radius 2 is 1.10 bits per heavy atom. The van der Waals surface area contributed by atoms with Crippen molar-refractivity contribution in [2.24, 2.45) is 0 Å². The van der Waals surface area contributed by atoms with E-state index in [4.69, 9.17) is 0 Å². The summed E-state index contributed by atoms with van der Waals surface area (Å²) in [5.41, 5.74) is 1.48. The molecule has 0 spiro atoms. The van der Waals surface area contributed by atoms with Gasteiger partial charge in [0.2, 0.25) is 19.7 Å². The Balaban J connectivity index is 2.17. The van der Waals surface area contributed by atoms with Gasteiger partial charge in [-0.1, -0.05) is 48.5 Å². The highest BCUT2D eigenvalue weighted by molar-refractivity contribution is 8.14. The van der Waals surface area contributed by atoms with Crippen molar-refractivity contribution in [2.45, 2.75) is 23.6 Å². The summed E-state index contributed by atoms with van der Waals surface area (Å²) < 4.78 is 52.8. The largest absolute Gasteiger partial charge is 0.372 e. The maximum atomic E-state index is 13.4. The summed E-state index contributed by atoms with van der Waals surface area (Å²) in [6.45, 7) is 5.77. The van der Waals surface area contributed by atoms with Crippen LogP contribution in [-0.2, 0) is 19.7 Å². The Labute approximate surface area is 184 Å². The summed E-state index contributed by atoms with van der Waals surface area (Å²) in [4.78, 5) is 2.01. The average molecular weight is 456 g/mol. The van der Waals surface area contributed by atoms with Crippen molar-refractivity contribution in [1.82, 2.24) is 0 Å². The second-order valence-corrected chi connectivity index (χ2v) is 11.0. The second kappa shape index (κ2) is 9.49. The predicted octanol–water partition coefficient (Wildman–Crippen LogP) is 4.78. The van der Waals surface area contributed by atoms with Gasteiger partial charge in [0.15, 0.2) is 4.24 Å². The number of hydrogen-bond acceptors (Lipinski definition) is 5. The molecule has 0 aliphatic heterocycles. The van der Waals surface area contributed by atoms with Crippen LogP contribution >= 0.6 is 0 Å². The lowest BCUT2D eigenvalue weighted by Gasteiger charge is -2.21. The Morgan fingerprint density at radius 3 is 1.48 bits per heavy atom. The summed E-state index contributed by atoms with van der Waals surface area (Å²) in [5, 5.41) is 0. The molecular weight excluding hydrogens is 430 g/mol. The van der Waals surface area contributed by atoms with Crippen LogP contribution < -0.4 is 4.90 Å². The van der Waals surface area contributed by atoms with Gasteiger partial charge in [-0.3, -0.25) is 0 Å². The van der Waals surface area contributed by atoms with Crippen molar-refractivity contribution < 1.29 is 16.8 Å². The predicted molar refractivity (Wildman–Crippen MR) is 125 cm³/mol. The topological polar surface area (TPSA) is 71.5 Å². The number of rotatable bonds is 8. The summed E-state index contributed by atoms with van der Waals surface area (Å²) in [5.74, 6) is 0. The molecule has 0 atom stereocenters. The van der Waals surface area contributed by atoms with Crippen molar-refractivity contribution >= 4 is 31.4 Å². The highest BCUT2D eigenvalue weighted by Crippen LogP contribution is 2.31. The lowest BCUT2D eigenvalue weighted by atomic mass is 10.2. The van der Waals surface area contributed by atoms with Crippen LogP contribution in [-0.4, -0.2) is 29.9 Å². The molecule has 0 aliphatic carbocycles. The number of nitrogens with zero attached hydrogens (tertiary/aromatic N) is 1. The molecule has 0 aliphatic rings. The maximum absolute atomic E-state index is 13.4.